The minimum Gasteiger partial charge on any atom is -0.477 e. The number of primary amides is 1. The van der Waals surface area contributed by atoms with E-state index in [1.165, 1.54) is 6.26 Å². The summed E-state index contributed by atoms with van der Waals surface area (Å²) < 4.78 is 11.7. The summed E-state index contributed by atoms with van der Waals surface area (Å²) in [4.78, 5) is 88.3. The predicted molar refractivity (Wildman–Crippen MR) is 243 cm³/mol. The lowest BCUT2D eigenvalue weighted by atomic mass is 9.95. The molecule has 6 rings (SSSR count). The first-order valence-corrected chi connectivity index (χ1v) is 21.2. The molecule has 7 atom stereocenters. The molecular weight excluding hydrogens is 821 g/mol. The molecule has 6 amide bonds. The second kappa shape index (κ2) is 25.3. The summed E-state index contributed by atoms with van der Waals surface area (Å²) in [6.45, 7) is 10.6. The second-order valence-corrected chi connectivity index (χ2v) is 15.1. The van der Waals surface area contributed by atoms with E-state index in [0.29, 0.717) is 49.6 Å². The van der Waals surface area contributed by atoms with E-state index in [0.717, 1.165) is 6.42 Å². The predicted octanol–water partition coefficient (Wildman–Crippen LogP) is 3.02. The highest BCUT2D eigenvalue weighted by Gasteiger charge is 2.41. The van der Waals surface area contributed by atoms with Gasteiger partial charge in [-0.3, -0.25) is 28.8 Å². The molecule has 0 radical (unpaired) electrons. The number of nitrogens with one attached hydrogen (secondary N) is 5. The van der Waals surface area contributed by atoms with Crippen LogP contribution in [0.2, 0.25) is 0 Å². The van der Waals surface area contributed by atoms with E-state index in [9.17, 15) is 24.0 Å². The van der Waals surface area contributed by atoms with Crippen molar-refractivity contribution in [1.29, 1.82) is 0 Å². The smallest absolute Gasteiger partial charge is 0.277 e. The maximum absolute atomic E-state index is 14.2. The lowest BCUT2D eigenvalue weighted by Crippen LogP contribution is -2.52. The van der Waals surface area contributed by atoms with Gasteiger partial charge in [0.05, 0.1) is 12.0 Å². The van der Waals surface area contributed by atoms with Crippen molar-refractivity contribution in [2.24, 2.45) is 16.6 Å². The fraction of sp³-hybridized carbons (Fsp3) is 0.435. The van der Waals surface area contributed by atoms with Crippen molar-refractivity contribution in [3.63, 3.8) is 0 Å². The Balaban J connectivity index is 0.00000172. The van der Waals surface area contributed by atoms with Gasteiger partial charge in [-0.1, -0.05) is 36.4 Å². The number of hydrogen-bond acceptors (Lipinski definition) is 12. The van der Waals surface area contributed by atoms with Gasteiger partial charge in [0.1, 0.15) is 31.0 Å². The van der Waals surface area contributed by atoms with E-state index in [4.69, 9.17) is 13.9 Å². The zero-order valence-corrected chi connectivity index (χ0v) is 36.9. The molecule has 7 N–H and O–H groups in total. The van der Waals surface area contributed by atoms with Gasteiger partial charge in [0, 0.05) is 43.3 Å². The number of anilines is 2. The number of nitrogens with two attached hydrogens (primary N) is 1. The number of likely N-dealkylation sites (tertiary alicyclic amines) is 2. The second-order valence-electron chi connectivity index (χ2n) is 15.1. The van der Waals surface area contributed by atoms with Gasteiger partial charge >= 0.3 is 0 Å². The van der Waals surface area contributed by atoms with Crippen molar-refractivity contribution in [1.82, 2.24) is 30.7 Å². The Morgan fingerprint density at radius 1 is 0.859 bits per heavy atom. The van der Waals surface area contributed by atoms with Crippen LogP contribution < -0.4 is 32.3 Å². The Bertz CT molecular complexity index is 2120. The summed E-state index contributed by atoms with van der Waals surface area (Å²) in [5, 5.41) is 14.6. The van der Waals surface area contributed by atoms with Crippen LogP contribution in [0.3, 0.4) is 0 Å². The van der Waals surface area contributed by atoms with Gasteiger partial charge in [-0.05, 0) is 77.9 Å². The highest BCUT2D eigenvalue weighted by atomic mass is 16.5. The van der Waals surface area contributed by atoms with Crippen LogP contribution in [0.1, 0.15) is 74.8 Å². The molecule has 0 spiro atoms. The number of para-hydroxylation sites is 2. The number of hydrogen-bond donors (Lipinski definition) is 6. The molecule has 64 heavy (non-hydrogen) atoms. The molecule has 1 aromatic heterocycles. The number of benzene rings is 2. The van der Waals surface area contributed by atoms with Crippen LogP contribution in [-0.4, -0.2) is 121 Å². The van der Waals surface area contributed by atoms with Gasteiger partial charge < -0.3 is 51.3 Å². The normalized spacial score (nSPS) is 19.2. The summed E-state index contributed by atoms with van der Waals surface area (Å²) in [7, 11) is 3.44. The fourth-order valence-electron chi connectivity index (χ4n) is 7.37. The number of amides is 6. The Kier molecular flexibility index (Phi) is 19.7. The van der Waals surface area contributed by atoms with E-state index in [1.54, 1.807) is 55.1 Å². The average molecular weight is 881 g/mol. The maximum Gasteiger partial charge on any atom is 0.277 e. The van der Waals surface area contributed by atoms with Gasteiger partial charge in [-0.15, -0.1) is 25.0 Å². The average Bonchev–Trinajstić information content (AvgIpc) is 4.17. The van der Waals surface area contributed by atoms with E-state index in [1.807, 2.05) is 43.3 Å². The number of nitrogens with zero attached hydrogens (tertiary/aromatic N) is 4. The van der Waals surface area contributed by atoms with E-state index >= 15 is 0 Å². The monoisotopic (exact) mass is 880 g/mol. The summed E-state index contributed by atoms with van der Waals surface area (Å²) >= 11 is 0. The summed E-state index contributed by atoms with van der Waals surface area (Å²) in [5.41, 5.74) is 5.53. The molecule has 3 aliphatic heterocycles. The minimum atomic E-state index is -0.995. The van der Waals surface area contributed by atoms with Crippen LogP contribution in [0.5, 0.6) is 0 Å². The number of carbonyl (C=O) groups excluding carboxylic acids is 6. The Labute approximate surface area is 374 Å². The van der Waals surface area contributed by atoms with Gasteiger partial charge in [0.15, 0.2) is 11.7 Å². The molecule has 18 nitrogen and oxygen atoms in total. The summed E-state index contributed by atoms with van der Waals surface area (Å²) in [5.74, 6) is 4.77. The SMILES string of the molecule is C=C.CN[C@@H](C)C(=O)NC(CC#CCC(C(=O)N1CCCC1C1=NC(C(=O)Nc2ccccc2)CO1)[C@H](C)NC)C(=O)N1CCCC1c1nc(C(=O)Nc2ccccc2)co1.NC=O. The molecule has 4 heterocycles. The van der Waals surface area contributed by atoms with Crippen LogP contribution in [-0.2, 0) is 28.7 Å². The third kappa shape index (κ3) is 13.3. The van der Waals surface area contributed by atoms with Crippen LogP contribution in [0.4, 0.5) is 11.4 Å². The van der Waals surface area contributed by atoms with E-state index in [2.05, 4.69) is 67.3 Å². The molecule has 0 bridgehead atoms. The quantitative estimate of drug-likeness (QED) is 0.0737. The lowest BCUT2D eigenvalue weighted by molar-refractivity contribution is -0.137. The molecule has 342 valence electrons. The molecule has 0 saturated carbocycles. The van der Waals surface area contributed by atoms with Crippen LogP contribution >= 0.6 is 0 Å². The van der Waals surface area contributed by atoms with Crippen LogP contribution in [0, 0.1) is 17.8 Å². The molecule has 2 fully saturated rings. The van der Waals surface area contributed by atoms with Crippen LogP contribution in [0.25, 0.3) is 0 Å². The first kappa shape index (κ1) is 49.8. The van der Waals surface area contributed by atoms with E-state index in [-0.39, 0.29) is 67.1 Å². The van der Waals surface area contributed by atoms with Gasteiger partial charge in [0.25, 0.3) is 11.8 Å². The van der Waals surface area contributed by atoms with Crippen molar-refractivity contribution in [3.8, 4) is 11.8 Å². The van der Waals surface area contributed by atoms with Crippen LogP contribution in [0.15, 0.2) is 89.5 Å². The molecule has 3 aliphatic rings. The Hall–Kier alpha value is -6.84. The van der Waals surface area contributed by atoms with E-state index < -0.39 is 42.0 Å². The maximum atomic E-state index is 14.2. The van der Waals surface area contributed by atoms with Crippen molar-refractivity contribution in [3.05, 3.63) is 91.7 Å². The molecule has 2 aromatic carbocycles. The molecule has 3 aromatic rings. The topological polar surface area (TPSA) is 243 Å². The standard InChI is InChI=1S/C43H53N9O7.C2H4.CH3NO/c1-27(44-3)31(42(56)51-23-13-21-35(51)40-49-33(25-58-40)38(54)46-29-15-7-5-8-16-29)19-11-12-20-32(48-37(53)28(2)45-4)43(57)52-24-14-22-36(52)41-50-34(26-59-41)39(55)47-30-17-9-6-10-18-30;1-2;2-1-3/h5-10,15-18,26-28,31-33,35-36,44-45H,13-14,19-25H2,1-4H3,(H,46,54)(H,47,55)(H,48,53);1-2H2;1H,(H2,2,3)/t27-,28-,31?,32?,33?,35?,36?;;/m0../s1. The van der Waals surface area contributed by atoms with Crippen molar-refractivity contribution >= 4 is 53.2 Å². The van der Waals surface area contributed by atoms with Gasteiger partial charge in [0.2, 0.25) is 35.9 Å². The number of oxazole rings is 1. The highest BCUT2D eigenvalue weighted by Crippen LogP contribution is 2.33. The first-order valence-electron chi connectivity index (χ1n) is 21.2. The van der Waals surface area contributed by atoms with Crippen molar-refractivity contribution in [2.45, 2.75) is 88.6 Å². The molecular formula is C46H60N10O8. The van der Waals surface area contributed by atoms with Crippen molar-refractivity contribution in [2.75, 3.05) is 44.4 Å². The number of likely N-dealkylation sites (N-methyl/N-ethyl adjacent to an activating group) is 1. The van der Waals surface area contributed by atoms with Gasteiger partial charge in [-0.25, -0.2) is 9.98 Å². The zero-order chi connectivity index (χ0) is 46.6. The Morgan fingerprint density at radius 3 is 2.05 bits per heavy atom. The molecule has 2 saturated heterocycles. The van der Waals surface area contributed by atoms with Crippen molar-refractivity contribution < 1.29 is 37.9 Å². The number of aliphatic imine (C=N–C) groups is 1. The number of aromatic nitrogens is 1. The largest absolute Gasteiger partial charge is 0.477 e. The third-order valence-corrected chi connectivity index (χ3v) is 11.0. The lowest BCUT2D eigenvalue weighted by Gasteiger charge is -2.30. The summed E-state index contributed by atoms with van der Waals surface area (Å²) in [6.07, 6.45) is 4.37. The van der Waals surface area contributed by atoms with Gasteiger partial charge in [-0.2, -0.15) is 0 Å². The number of rotatable bonds is 15. The highest BCUT2D eigenvalue weighted by molar-refractivity contribution is 6.02. The fourth-order valence-corrected chi connectivity index (χ4v) is 7.37. The molecule has 18 heteroatoms. The number of carbonyl (C=O) groups is 6. The number of ether oxygens (including phenoxy) is 1. The molecule has 5 unspecified atom stereocenters. The molecule has 0 aliphatic carbocycles. The third-order valence-electron chi connectivity index (χ3n) is 11.0. The minimum absolute atomic E-state index is 0.00118. The zero-order valence-electron chi connectivity index (χ0n) is 36.9. The Morgan fingerprint density at radius 2 is 1.44 bits per heavy atom. The first-order chi connectivity index (χ1) is 31.0. The summed E-state index contributed by atoms with van der Waals surface area (Å²) in [6, 6.07) is 14.7.